The first kappa shape index (κ1) is 17.3. The molecule has 1 fully saturated rings. The number of fused-ring (bicyclic) bond motifs is 1. The van der Waals surface area contributed by atoms with Crippen molar-refractivity contribution in [2.75, 3.05) is 33.0 Å². The van der Waals surface area contributed by atoms with Crippen LogP contribution in [0.5, 0.6) is 11.5 Å². The van der Waals surface area contributed by atoms with Gasteiger partial charge in [0.15, 0.2) is 11.5 Å². The first-order valence-electron chi connectivity index (χ1n) is 8.93. The summed E-state index contributed by atoms with van der Waals surface area (Å²) >= 11 is 1.45. The van der Waals surface area contributed by atoms with Crippen LogP contribution in [0.2, 0.25) is 0 Å². The van der Waals surface area contributed by atoms with Gasteiger partial charge in [-0.3, -0.25) is 9.69 Å². The molecule has 138 valence electrons. The molecule has 3 heterocycles. The fraction of sp³-hybridized carbons (Fsp3) is 0.474. The second-order valence-electron chi connectivity index (χ2n) is 6.92. The van der Waals surface area contributed by atoms with E-state index in [2.05, 4.69) is 23.7 Å². The SMILES string of the molecule is Cc1nc(-c2ccc3c(c2)OCO3)sc1C(=O)N1CCN(C(C)C)CC1. The highest BCUT2D eigenvalue weighted by Gasteiger charge is 2.26. The number of aromatic nitrogens is 1. The van der Waals surface area contributed by atoms with Gasteiger partial charge >= 0.3 is 0 Å². The van der Waals surface area contributed by atoms with E-state index in [1.165, 1.54) is 11.3 Å². The summed E-state index contributed by atoms with van der Waals surface area (Å²) in [6.45, 7) is 9.95. The number of hydrogen-bond acceptors (Lipinski definition) is 6. The highest BCUT2D eigenvalue weighted by atomic mass is 32.1. The molecule has 2 aliphatic rings. The molecule has 1 saturated heterocycles. The lowest BCUT2D eigenvalue weighted by molar-refractivity contribution is 0.0599. The highest BCUT2D eigenvalue weighted by molar-refractivity contribution is 7.17. The summed E-state index contributed by atoms with van der Waals surface area (Å²) in [7, 11) is 0. The van der Waals surface area contributed by atoms with Gasteiger partial charge in [0.25, 0.3) is 5.91 Å². The minimum atomic E-state index is 0.0930. The second kappa shape index (κ2) is 6.89. The van der Waals surface area contributed by atoms with E-state index < -0.39 is 0 Å². The lowest BCUT2D eigenvalue weighted by Gasteiger charge is -2.36. The zero-order valence-corrected chi connectivity index (χ0v) is 16.1. The van der Waals surface area contributed by atoms with E-state index in [1.54, 1.807) is 0 Å². The van der Waals surface area contributed by atoms with Crippen LogP contribution in [0.15, 0.2) is 18.2 Å². The van der Waals surface area contributed by atoms with E-state index in [1.807, 2.05) is 30.0 Å². The van der Waals surface area contributed by atoms with Crippen LogP contribution in [0.4, 0.5) is 0 Å². The first-order chi connectivity index (χ1) is 12.5. The van der Waals surface area contributed by atoms with Crippen LogP contribution in [0, 0.1) is 6.92 Å². The number of benzene rings is 1. The Morgan fingerprint density at radius 3 is 2.62 bits per heavy atom. The predicted molar refractivity (Wildman–Crippen MR) is 101 cm³/mol. The minimum absolute atomic E-state index is 0.0930. The Kier molecular flexibility index (Phi) is 4.58. The van der Waals surface area contributed by atoms with Gasteiger partial charge in [-0.05, 0) is 39.0 Å². The molecule has 26 heavy (non-hydrogen) atoms. The molecule has 1 amide bonds. The summed E-state index contributed by atoms with van der Waals surface area (Å²) in [6, 6.07) is 6.30. The number of hydrogen-bond donors (Lipinski definition) is 0. The summed E-state index contributed by atoms with van der Waals surface area (Å²) in [6.07, 6.45) is 0. The Bertz CT molecular complexity index is 825. The third kappa shape index (κ3) is 3.17. The van der Waals surface area contributed by atoms with Crippen LogP contribution in [0.1, 0.15) is 29.2 Å². The first-order valence-corrected chi connectivity index (χ1v) is 9.75. The summed E-state index contributed by atoms with van der Waals surface area (Å²) in [5, 5.41) is 0.838. The molecule has 0 N–H and O–H groups in total. The minimum Gasteiger partial charge on any atom is -0.454 e. The maximum absolute atomic E-state index is 13.0. The van der Waals surface area contributed by atoms with Crippen molar-refractivity contribution < 1.29 is 14.3 Å². The van der Waals surface area contributed by atoms with Crippen molar-refractivity contribution in [3.05, 3.63) is 28.8 Å². The van der Waals surface area contributed by atoms with Gasteiger partial charge in [0.2, 0.25) is 6.79 Å². The zero-order valence-electron chi connectivity index (χ0n) is 15.3. The summed E-state index contributed by atoms with van der Waals surface area (Å²) in [4.78, 5) is 22.7. The Morgan fingerprint density at radius 1 is 1.15 bits per heavy atom. The van der Waals surface area contributed by atoms with Crippen LogP contribution < -0.4 is 9.47 Å². The molecule has 4 rings (SSSR count). The van der Waals surface area contributed by atoms with Gasteiger partial charge in [0, 0.05) is 37.8 Å². The summed E-state index contributed by atoms with van der Waals surface area (Å²) in [5.41, 5.74) is 1.74. The second-order valence-corrected chi connectivity index (χ2v) is 7.92. The van der Waals surface area contributed by atoms with Crippen molar-refractivity contribution in [2.24, 2.45) is 0 Å². The van der Waals surface area contributed by atoms with Crippen molar-refractivity contribution in [1.29, 1.82) is 0 Å². The van der Waals surface area contributed by atoms with Crippen LogP contribution in [0.25, 0.3) is 10.6 Å². The van der Waals surface area contributed by atoms with E-state index in [9.17, 15) is 4.79 Å². The molecular formula is C19H23N3O3S. The molecule has 0 spiro atoms. The van der Waals surface area contributed by atoms with E-state index in [-0.39, 0.29) is 12.7 Å². The lowest BCUT2D eigenvalue weighted by atomic mass is 10.2. The molecule has 0 atom stereocenters. The van der Waals surface area contributed by atoms with Crippen LogP contribution in [-0.2, 0) is 0 Å². The molecule has 0 radical (unpaired) electrons. The molecule has 0 unspecified atom stereocenters. The molecule has 0 bridgehead atoms. The van der Waals surface area contributed by atoms with Gasteiger partial charge in [-0.15, -0.1) is 11.3 Å². The number of ether oxygens (including phenoxy) is 2. The maximum Gasteiger partial charge on any atom is 0.265 e. The summed E-state index contributed by atoms with van der Waals surface area (Å²) in [5.74, 6) is 1.57. The van der Waals surface area contributed by atoms with Crippen LogP contribution in [-0.4, -0.2) is 59.7 Å². The van der Waals surface area contributed by atoms with Crippen LogP contribution in [0.3, 0.4) is 0 Å². The fourth-order valence-electron chi connectivity index (χ4n) is 3.33. The number of carbonyl (C=O) groups is 1. The van der Waals surface area contributed by atoms with Gasteiger partial charge < -0.3 is 14.4 Å². The third-order valence-corrected chi connectivity index (χ3v) is 6.14. The lowest BCUT2D eigenvalue weighted by Crippen LogP contribution is -2.50. The maximum atomic E-state index is 13.0. The average Bonchev–Trinajstić information content (AvgIpc) is 3.26. The average molecular weight is 373 g/mol. The van der Waals surface area contributed by atoms with Crippen LogP contribution >= 0.6 is 11.3 Å². The van der Waals surface area contributed by atoms with Crippen molar-refractivity contribution in [3.8, 4) is 22.1 Å². The Hall–Kier alpha value is -2.12. The topological polar surface area (TPSA) is 54.9 Å². The molecule has 0 saturated carbocycles. The molecule has 2 aromatic rings. The van der Waals surface area contributed by atoms with Gasteiger partial charge in [-0.2, -0.15) is 0 Å². The largest absolute Gasteiger partial charge is 0.454 e. The molecule has 1 aromatic heterocycles. The predicted octanol–water partition coefficient (Wildman–Crippen LogP) is 3.01. The highest BCUT2D eigenvalue weighted by Crippen LogP contribution is 2.37. The standard InChI is InChI=1S/C19H23N3O3S/c1-12(2)21-6-8-22(9-7-21)19(23)17-13(3)20-18(26-17)14-4-5-15-16(10-14)25-11-24-15/h4-5,10,12H,6-9,11H2,1-3H3. The molecule has 0 aliphatic carbocycles. The molecule has 2 aliphatic heterocycles. The van der Waals surface area contributed by atoms with Gasteiger partial charge in [0.1, 0.15) is 9.88 Å². The van der Waals surface area contributed by atoms with Gasteiger partial charge in [0.05, 0.1) is 5.69 Å². The Labute approximate surface area is 157 Å². The Morgan fingerprint density at radius 2 is 1.88 bits per heavy atom. The van der Waals surface area contributed by atoms with Gasteiger partial charge in [-0.25, -0.2) is 4.98 Å². The summed E-state index contributed by atoms with van der Waals surface area (Å²) < 4.78 is 10.8. The van der Waals surface area contributed by atoms with E-state index in [4.69, 9.17) is 9.47 Å². The number of rotatable bonds is 3. The number of aryl methyl sites for hydroxylation is 1. The number of piperazine rings is 1. The fourth-order valence-corrected chi connectivity index (χ4v) is 4.36. The number of amides is 1. The van der Waals surface area contributed by atoms with Crippen molar-refractivity contribution in [1.82, 2.24) is 14.8 Å². The van der Waals surface area contributed by atoms with E-state index >= 15 is 0 Å². The monoisotopic (exact) mass is 373 g/mol. The van der Waals surface area contributed by atoms with Gasteiger partial charge in [-0.1, -0.05) is 0 Å². The molecule has 6 nitrogen and oxygen atoms in total. The van der Waals surface area contributed by atoms with Crippen molar-refractivity contribution in [3.63, 3.8) is 0 Å². The number of thiazole rings is 1. The van der Waals surface area contributed by atoms with E-state index in [0.717, 1.165) is 58.8 Å². The smallest absolute Gasteiger partial charge is 0.265 e. The Balaban J connectivity index is 1.52. The van der Waals surface area contributed by atoms with Crippen molar-refractivity contribution in [2.45, 2.75) is 26.8 Å². The van der Waals surface area contributed by atoms with Crippen molar-refractivity contribution >= 4 is 17.2 Å². The molecule has 1 aromatic carbocycles. The normalized spacial score (nSPS) is 17.2. The quantitative estimate of drug-likeness (QED) is 0.828. The number of carbonyl (C=O) groups excluding carboxylic acids is 1. The third-order valence-electron chi connectivity index (χ3n) is 4.94. The van der Waals surface area contributed by atoms with E-state index in [0.29, 0.717) is 6.04 Å². The number of nitrogens with zero attached hydrogens (tertiary/aromatic N) is 3. The zero-order chi connectivity index (χ0) is 18.3. The molecular weight excluding hydrogens is 350 g/mol. The molecule has 7 heteroatoms.